The number of rotatable bonds is 1. The van der Waals surface area contributed by atoms with E-state index in [2.05, 4.69) is 38.8 Å². The second-order valence-electron chi connectivity index (χ2n) is 7.75. The van der Waals surface area contributed by atoms with E-state index < -0.39 is 0 Å². The van der Waals surface area contributed by atoms with E-state index in [-0.39, 0.29) is 29.3 Å². The van der Waals surface area contributed by atoms with Gasteiger partial charge in [0.15, 0.2) is 0 Å². The van der Waals surface area contributed by atoms with Crippen molar-refractivity contribution in [2.24, 2.45) is 0 Å². The van der Waals surface area contributed by atoms with Crippen molar-refractivity contribution in [2.45, 2.75) is 45.2 Å². The van der Waals surface area contributed by atoms with Gasteiger partial charge in [0.1, 0.15) is 17.3 Å². The van der Waals surface area contributed by atoms with Gasteiger partial charge in [0.25, 0.3) is 0 Å². The van der Waals surface area contributed by atoms with Gasteiger partial charge in [-0.2, -0.15) is 0 Å². The van der Waals surface area contributed by atoms with Crippen LogP contribution < -0.4 is 4.90 Å². The van der Waals surface area contributed by atoms with Gasteiger partial charge >= 0.3 is 0 Å². The van der Waals surface area contributed by atoms with Crippen LogP contribution in [0.2, 0.25) is 0 Å². The summed E-state index contributed by atoms with van der Waals surface area (Å²) in [5.74, 6) is 0.785. The van der Waals surface area contributed by atoms with E-state index >= 15 is 0 Å². The van der Waals surface area contributed by atoms with Crippen molar-refractivity contribution in [2.75, 3.05) is 4.90 Å². The molecule has 0 radical (unpaired) electrons. The SMILES string of the molecule is CC1(C)Cc2cc(F)ccc2C(C)(C)N1c1cn2ccccc2n1.Cl. The number of pyridine rings is 1. The Balaban J connectivity index is 0.00000182. The molecule has 2 aromatic heterocycles. The maximum Gasteiger partial charge on any atom is 0.149 e. The monoisotopic (exact) mass is 359 g/mol. The van der Waals surface area contributed by atoms with Crippen LogP contribution in [0.5, 0.6) is 0 Å². The van der Waals surface area contributed by atoms with Crippen molar-refractivity contribution < 1.29 is 4.39 Å². The Morgan fingerprint density at radius 2 is 1.84 bits per heavy atom. The third kappa shape index (κ3) is 2.69. The van der Waals surface area contributed by atoms with E-state index in [4.69, 9.17) is 4.98 Å². The minimum absolute atomic E-state index is 0. The molecule has 0 spiro atoms. The highest BCUT2D eigenvalue weighted by molar-refractivity contribution is 5.85. The lowest BCUT2D eigenvalue weighted by Crippen LogP contribution is -2.59. The molecule has 1 aliphatic heterocycles. The summed E-state index contributed by atoms with van der Waals surface area (Å²) in [4.78, 5) is 7.20. The molecule has 0 fully saturated rings. The molecule has 0 aliphatic carbocycles. The summed E-state index contributed by atoms with van der Waals surface area (Å²) in [6.45, 7) is 8.78. The van der Waals surface area contributed by atoms with Crippen LogP contribution in [0.4, 0.5) is 10.2 Å². The predicted molar refractivity (Wildman–Crippen MR) is 102 cm³/mol. The van der Waals surface area contributed by atoms with E-state index in [0.717, 1.165) is 23.4 Å². The summed E-state index contributed by atoms with van der Waals surface area (Å²) in [6.07, 6.45) is 4.88. The molecule has 3 nitrogen and oxygen atoms in total. The normalized spacial score (nSPS) is 17.9. The van der Waals surface area contributed by atoms with Crippen molar-refractivity contribution in [3.8, 4) is 0 Å². The third-order valence-corrected chi connectivity index (χ3v) is 5.09. The molecular weight excluding hydrogens is 337 g/mol. The number of benzene rings is 1. The van der Waals surface area contributed by atoms with Crippen molar-refractivity contribution >= 4 is 23.9 Å². The quantitative estimate of drug-likeness (QED) is 0.611. The number of hydrogen-bond acceptors (Lipinski definition) is 2. The molecule has 3 aromatic rings. The molecule has 3 heterocycles. The number of fused-ring (bicyclic) bond motifs is 2. The molecule has 4 rings (SSSR count). The molecule has 0 unspecified atom stereocenters. The summed E-state index contributed by atoms with van der Waals surface area (Å²) in [5.41, 5.74) is 2.75. The van der Waals surface area contributed by atoms with Crippen LogP contribution in [0.15, 0.2) is 48.8 Å². The second kappa shape index (κ2) is 5.73. The zero-order valence-electron chi connectivity index (χ0n) is 15.0. The predicted octanol–water partition coefficient (Wildman–Crippen LogP) is 4.97. The molecule has 1 aliphatic rings. The molecule has 0 amide bonds. The van der Waals surface area contributed by atoms with E-state index in [1.807, 2.05) is 34.9 Å². The number of hydrogen-bond donors (Lipinski definition) is 0. The second-order valence-corrected chi connectivity index (χ2v) is 7.75. The Morgan fingerprint density at radius 1 is 1.08 bits per heavy atom. The Labute approximate surface area is 153 Å². The molecular formula is C20H23ClFN3. The zero-order chi connectivity index (χ0) is 17.1. The fourth-order valence-corrected chi connectivity index (χ4v) is 4.35. The van der Waals surface area contributed by atoms with Gasteiger partial charge in [-0.15, -0.1) is 12.4 Å². The van der Waals surface area contributed by atoms with Crippen LogP contribution in [0.3, 0.4) is 0 Å². The van der Waals surface area contributed by atoms with Gasteiger partial charge in [-0.25, -0.2) is 9.37 Å². The molecule has 0 saturated heterocycles. The van der Waals surface area contributed by atoms with Gasteiger partial charge in [-0.1, -0.05) is 12.1 Å². The molecule has 25 heavy (non-hydrogen) atoms. The van der Waals surface area contributed by atoms with E-state index in [0.29, 0.717) is 0 Å². The van der Waals surface area contributed by atoms with E-state index in [1.54, 1.807) is 12.1 Å². The maximum atomic E-state index is 13.7. The van der Waals surface area contributed by atoms with Gasteiger partial charge in [-0.05, 0) is 69.5 Å². The Bertz CT molecular complexity index is 897. The summed E-state index contributed by atoms with van der Waals surface area (Å²) in [6, 6.07) is 11.2. The molecule has 0 N–H and O–H groups in total. The average molecular weight is 360 g/mol. The van der Waals surface area contributed by atoms with E-state index in [9.17, 15) is 4.39 Å². The lowest BCUT2D eigenvalue weighted by molar-refractivity contribution is 0.311. The first-order valence-corrected chi connectivity index (χ1v) is 8.32. The fraction of sp³-hybridized carbons (Fsp3) is 0.350. The Kier molecular flexibility index (Phi) is 4.07. The number of nitrogens with zero attached hydrogens (tertiary/aromatic N) is 3. The van der Waals surface area contributed by atoms with Crippen LogP contribution in [-0.2, 0) is 12.0 Å². The topological polar surface area (TPSA) is 20.5 Å². The number of imidazole rings is 1. The molecule has 0 bridgehead atoms. The number of aromatic nitrogens is 2. The van der Waals surface area contributed by atoms with Crippen molar-refractivity contribution in [1.82, 2.24) is 9.38 Å². The highest BCUT2D eigenvalue weighted by Gasteiger charge is 2.45. The first kappa shape index (κ1) is 17.7. The summed E-state index contributed by atoms with van der Waals surface area (Å²) in [5, 5.41) is 0. The summed E-state index contributed by atoms with van der Waals surface area (Å²) < 4.78 is 15.8. The van der Waals surface area contributed by atoms with Crippen molar-refractivity contribution in [1.29, 1.82) is 0 Å². The molecule has 5 heteroatoms. The van der Waals surface area contributed by atoms with Crippen molar-refractivity contribution in [3.63, 3.8) is 0 Å². The van der Waals surface area contributed by atoms with Gasteiger partial charge < -0.3 is 9.30 Å². The van der Waals surface area contributed by atoms with Crippen LogP contribution in [0.1, 0.15) is 38.8 Å². The first-order chi connectivity index (χ1) is 11.3. The largest absolute Gasteiger partial charge is 0.341 e. The lowest BCUT2D eigenvalue weighted by atomic mass is 9.75. The van der Waals surface area contributed by atoms with Crippen LogP contribution in [0, 0.1) is 5.82 Å². The molecule has 0 saturated carbocycles. The van der Waals surface area contributed by atoms with Gasteiger partial charge in [0.2, 0.25) is 0 Å². The van der Waals surface area contributed by atoms with Crippen LogP contribution >= 0.6 is 12.4 Å². The summed E-state index contributed by atoms with van der Waals surface area (Å²) >= 11 is 0. The first-order valence-electron chi connectivity index (χ1n) is 8.32. The van der Waals surface area contributed by atoms with E-state index in [1.165, 1.54) is 5.56 Å². The number of anilines is 1. The third-order valence-electron chi connectivity index (χ3n) is 5.09. The van der Waals surface area contributed by atoms with Crippen LogP contribution in [-0.4, -0.2) is 14.9 Å². The molecule has 1 aromatic carbocycles. The standard InChI is InChI=1S/C20H22FN3.ClH/c1-19(2)12-14-11-15(21)8-9-16(14)20(3,4)24(19)18-13-23-10-6-5-7-17(23)22-18;/h5-11,13H,12H2,1-4H3;1H. The minimum atomic E-state index is -0.275. The number of halogens is 2. The minimum Gasteiger partial charge on any atom is -0.341 e. The fourth-order valence-electron chi connectivity index (χ4n) is 4.35. The highest BCUT2D eigenvalue weighted by atomic mass is 35.5. The highest BCUT2D eigenvalue weighted by Crippen LogP contribution is 2.45. The lowest BCUT2D eigenvalue weighted by Gasteiger charge is -2.54. The Hall–Kier alpha value is -2.07. The molecule has 132 valence electrons. The molecule has 0 atom stereocenters. The smallest absolute Gasteiger partial charge is 0.149 e. The van der Waals surface area contributed by atoms with Gasteiger partial charge in [0, 0.05) is 11.7 Å². The van der Waals surface area contributed by atoms with Crippen molar-refractivity contribution in [3.05, 3.63) is 65.7 Å². The average Bonchev–Trinajstić information content (AvgIpc) is 2.87. The summed E-state index contributed by atoms with van der Waals surface area (Å²) in [7, 11) is 0. The Morgan fingerprint density at radius 3 is 2.56 bits per heavy atom. The maximum absolute atomic E-state index is 13.7. The zero-order valence-corrected chi connectivity index (χ0v) is 15.8. The van der Waals surface area contributed by atoms with Gasteiger partial charge in [-0.3, -0.25) is 0 Å². The van der Waals surface area contributed by atoms with Crippen LogP contribution in [0.25, 0.3) is 5.65 Å². The van der Waals surface area contributed by atoms with Gasteiger partial charge in [0.05, 0.1) is 11.7 Å².